The summed E-state index contributed by atoms with van der Waals surface area (Å²) >= 11 is 0. The van der Waals surface area contributed by atoms with Crippen molar-refractivity contribution in [3.8, 4) is 11.4 Å². The van der Waals surface area contributed by atoms with Crippen molar-refractivity contribution in [2.24, 2.45) is 0 Å². The van der Waals surface area contributed by atoms with E-state index in [2.05, 4.69) is 45.8 Å². The van der Waals surface area contributed by atoms with E-state index in [-0.39, 0.29) is 6.04 Å². The summed E-state index contributed by atoms with van der Waals surface area (Å²) in [5, 5.41) is 3.39. The van der Waals surface area contributed by atoms with Crippen LogP contribution < -0.4 is 11.1 Å². The van der Waals surface area contributed by atoms with Gasteiger partial charge in [0.25, 0.3) is 0 Å². The van der Waals surface area contributed by atoms with Crippen molar-refractivity contribution in [3.63, 3.8) is 0 Å². The second-order valence-corrected chi connectivity index (χ2v) is 6.76. The van der Waals surface area contributed by atoms with E-state index in [4.69, 9.17) is 10.7 Å². The number of rotatable bonds is 5. The first-order chi connectivity index (χ1) is 13.1. The topological polar surface area (TPSA) is 81.7 Å². The molecule has 0 saturated carbocycles. The van der Waals surface area contributed by atoms with E-state index in [9.17, 15) is 0 Å². The molecule has 0 atom stereocenters. The standard InChI is InChI=1S/C21H22N6/c1-14(2)27-20(16-9-6-10-17(22)11-16)26-18-19(24-13-25-21(18)27)23-12-15-7-4-3-5-8-15/h3-11,13-14H,12,22H2,1-2H3,(H,23,24,25). The van der Waals surface area contributed by atoms with Crippen molar-refractivity contribution in [1.29, 1.82) is 0 Å². The van der Waals surface area contributed by atoms with E-state index in [1.165, 1.54) is 5.56 Å². The van der Waals surface area contributed by atoms with Gasteiger partial charge in [-0.05, 0) is 31.5 Å². The first kappa shape index (κ1) is 17.0. The molecule has 0 unspecified atom stereocenters. The molecule has 6 nitrogen and oxygen atoms in total. The van der Waals surface area contributed by atoms with Gasteiger partial charge in [0.1, 0.15) is 12.2 Å². The minimum atomic E-state index is 0.198. The molecule has 2 heterocycles. The largest absolute Gasteiger partial charge is 0.399 e. The fraction of sp³-hybridized carbons (Fsp3) is 0.190. The number of hydrogen-bond acceptors (Lipinski definition) is 5. The molecule has 0 spiro atoms. The van der Waals surface area contributed by atoms with E-state index < -0.39 is 0 Å². The fourth-order valence-electron chi connectivity index (χ4n) is 3.19. The highest BCUT2D eigenvalue weighted by Crippen LogP contribution is 2.30. The Kier molecular flexibility index (Phi) is 4.46. The molecule has 0 aliphatic rings. The van der Waals surface area contributed by atoms with Gasteiger partial charge in [0.15, 0.2) is 17.0 Å². The molecule has 136 valence electrons. The molecule has 4 rings (SSSR count). The maximum Gasteiger partial charge on any atom is 0.166 e. The Labute approximate surface area is 158 Å². The molecule has 0 aliphatic carbocycles. The molecule has 3 N–H and O–H groups in total. The SMILES string of the molecule is CC(C)n1c(-c2cccc(N)c2)nc2c(NCc3ccccc3)ncnc21. The molecule has 6 heteroatoms. The van der Waals surface area contributed by atoms with Gasteiger partial charge in [0.05, 0.1) is 0 Å². The maximum atomic E-state index is 5.98. The van der Waals surface area contributed by atoms with Gasteiger partial charge >= 0.3 is 0 Å². The number of aromatic nitrogens is 4. The summed E-state index contributed by atoms with van der Waals surface area (Å²) in [5.74, 6) is 1.57. The molecule has 0 amide bonds. The van der Waals surface area contributed by atoms with Crippen molar-refractivity contribution in [1.82, 2.24) is 19.5 Å². The number of nitrogens with one attached hydrogen (secondary N) is 1. The highest BCUT2D eigenvalue weighted by atomic mass is 15.2. The molecule has 27 heavy (non-hydrogen) atoms. The number of nitrogen functional groups attached to an aromatic ring is 1. The third-order valence-corrected chi connectivity index (χ3v) is 4.44. The van der Waals surface area contributed by atoms with E-state index in [1.54, 1.807) is 6.33 Å². The number of imidazole rings is 1. The van der Waals surface area contributed by atoms with E-state index in [0.29, 0.717) is 12.2 Å². The Balaban J connectivity index is 1.80. The van der Waals surface area contributed by atoms with Gasteiger partial charge in [-0.3, -0.25) is 0 Å². The van der Waals surface area contributed by atoms with Gasteiger partial charge in [0.2, 0.25) is 0 Å². The molecule has 0 bridgehead atoms. The summed E-state index contributed by atoms with van der Waals surface area (Å²) in [5.41, 5.74) is 10.4. The van der Waals surface area contributed by atoms with Crippen LogP contribution in [0.15, 0.2) is 60.9 Å². The van der Waals surface area contributed by atoms with Crippen molar-refractivity contribution >= 4 is 22.7 Å². The number of fused-ring (bicyclic) bond motifs is 1. The Bertz CT molecular complexity index is 1070. The lowest BCUT2D eigenvalue weighted by molar-refractivity contribution is 0.619. The van der Waals surface area contributed by atoms with Crippen LogP contribution in [-0.2, 0) is 6.54 Å². The monoisotopic (exact) mass is 358 g/mol. The molecular weight excluding hydrogens is 336 g/mol. The number of hydrogen-bond donors (Lipinski definition) is 2. The lowest BCUT2D eigenvalue weighted by Gasteiger charge is -2.12. The van der Waals surface area contributed by atoms with Crippen molar-refractivity contribution in [2.75, 3.05) is 11.1 Å². The van der Waals surface area contributed by atoms with Gasteiger partial charge in [-0.1, -0.05) is 42.5 Å². The summed E-state index contributed by atoms with van der Waals surface area (Å²) in [4.78, 5) is 13.8. The molecule has 2 aromatic carbocycles. The third-order valence-electron chi connectivity index (χ3n) is 4.44. The van der Waals surface area contributed by atoms with E-state index in [0.717, 1.165) is 28.4 Å². The number of anilines is 2. The van der Waals surface area contributed by atoms with Crippen molar-refractivity contribution < 1.29 is 0 Å². The average Bonchev–Trinajstić information content (AvgIpc) is 3.07. The van der Waals surface area contributed by atoms with Gasteiger partial charge in [-0.2, -0.15) is 0 Å². The van der Waals surface area contributed by atoms with Gasteiger partial charge in [-0.15, -0.1) is 0 Å². The first-order valence-electron chi connectivity index (χ1n) is 9.00. The van der Waals surface area contributed by atoms with Crippen LogP contribution >= 0.6 is 0 Å². The second-order valence-electron chi connectivity index (χ2n) is 6.76. The van der Waals surface area contributed by atoms with E-state index >= 15 is 0 Å². The van der Waals surface area contributed by atoms with Crippen molar-refractivity contribution in [2.45, 2.75) is 26.4 Å². The predicted octanol–water partition coefficient (Wildman–Crippen LogP) is 4.27. The summed E-state index contributed by atoms with van der Waals surface area (Å²) in [7, 11) is 0. The average molecular weight is 358 g/mol. The Morgan fingerprint density at radius 3 is 2.59 bits per heavy atom. The lowest BCUT2D eigenvalue weighted by Crippen LogP contribution is -2.05. The maximum absolute atomic E-state index is 5.98. The molecule has 0 fully saturated rings. The third kappa shape index (κ3) is 3.33. The van der Waals surface area contributed by atoms with Crippen LogP contribution in [0.4, 0.5) is 11.5 Å². The molecule has 0 radical (unpaired) electrons. The highest BCUT2D eigenvalue weighted by molar-refractivity contribution is 5.86. The fourth-order valence-corrected chi connectivity index (χ4v) is 3.19. The van der Waals surface area contributed by atoms with Crippen LogP contribution in [0.3, 0.4) is 0 Å². The lowest BCUT2D eigenvalue weighted by atomic mass is 10.2. The highest BCUT2D eigenvalue weighted by Gasteiger charge is 2.19. The molecule has 2 aromatic heterocycles. The smallest absolute Gasteiger partial charge is 0.166 e. The zero-order chi connectivity index (χ0) is 18.8. The Morgan fingerprint density at radius 2 is 1.85 bits per heavy atom. The van der Waals surface area contributed by atoms with Gasteiger partial charge in [-0.25, -0.2) is 15.0 Å². The summed E-state index contributed by atoms with van der Waals surface area (Å²) in [6.07, 6.45) is 1.58. The normalized spacial score (nSPS) is 11.2. The van der Waals surface area contributed by atoms with E-state index in [1.807, 2.05) is 42.5 Å². The minimum Gasteiger partial charge on any atom is -0.399 e. The van der Waals surface area contributed by atoms with Crippen LogP contribution in [0.25, 0.3) is 22.6 Å². The Hall–Kier alpha value is -3.41. The predicted molar refractivity (Wildman–Crippen MR) is 109 cm³/mol. The van der Waals surface area contributed by atoms with Crippen LogP contribution in [0, 0.1) is 0 Å². The van der Waals surface area contributed by atoms with Crippen molar-refractivity contribution in [3.05, 3.63) is 66.5 Å². The number of benzene rings is 2. The quantitative estimate of drug-likeness (QED) is 0.521. The Morgan fingerprint density at radius 1 is 1.04 bits per heavy atom. The summed E-state index contributed by atoms with van der Waals surface area (Å²) in [6.45, 7) is 4.92. The molecule has 4 aromatic rings. The van der Waals surface area contributed by atoms with Gasteiger partial charge < -0.3 is 15.6 Å². The number of nitrogens with zero attached hydrogens (tertiary/aromatic N) is 4. The molecular formula is C21H22N6. The van der Waals surface area contributed by atoms with Crippen LogP contribution in [0.1, 0.15) is 25.5 Å². The summed E-state index contributed by atoms with van der Waals surface area (Å²) < 4.78 is 2.12. The second kappa shape index (κ2) is 7.07. The number of nitrogens with two attached hydrogens (primary N) is 1. The molecule has 0 saturated heterocycles. The minimum absolute atomic E-state index is 0.198. The summed E-state index contributed by atoms with van der Waals surface area (Å²) in [6, 6.07) is 18.2. The zero-order valence-electron chi connectivity index (χ0n) is 15.4. The molecule has 0 aliphatic heterocycles. The van der Waals surface area contributed by atoms with Gasteiger partial charge in [0, 0.05) is 23.8 Å². The first-order valence-corrected chi connectivity index (χ1v) is 9.00. The zero-order valence-corrected chi connectivity index (χ0v) is 15.4. The van der Waals surface area contributed by atoms with Crippen LogP contribution in [0.5, 0.6) is 0 Å². The van der Waals surface area contributed by atoms with Crippen LogP contribution in [-0.4, -0.2) is 19.5 Å². The van der Waals surface area contributed by atoms with Crippen LogP contribution in [0.2, 0.25) is 0 Å².